The molecule has 0 radical (unpaired) electrons. The van der Waals surface area contributed by atoms with Gasteiger partial charge in [-0.1, -0.05) is 38.1 Å². The van der Waals surface area contributed by atoms with Gasteiger partial charge in [-0.05, 0) is 47.1 Å². The van der Waals surface area contributed by atoms with E-state index in [0.29, 0.717) is 42.0 Å². The van der Waals surface area contributed by atoms with Gasteiger partial charge in [0.25, 0.3) is 0 Å². The first-order valence-electron chi connectivity index (χ1n) is 11.8. The lowest BCUT2D eigenvalue weighted by Gasteiger charge is -2.35. The summed E-state index contributed by atoms with van der Waals surface area (Å²) in [5.41, 5.74) is 4.89. The predicted octanol–water partition coefficient (Wildman–Crippen LogP) is 4.84. The molecule has 0 saturated carbocycles. The molecule has 0 saturated heterocycles. The molecule has 5 rings (SSSR count). The average molecular weight is 475 g/mol. The number of ether oxygens (including phenoxy) is 3. The average Bonchev–Trinajstić information content (AvgIpc) is 3.34. The predicted molar refractivity (Wildman–Crippen MR) is 132 cm³/mol. The minimum atomic E-state index is -0.307. The summed E-state index contributed by atoms with van der Waals surface area (Å²) < 4.78 is 18.4. The maximum Gasteiger partial charge on any atom is 0.226 e. The van der Waals surface area contributed by atoms with Crippen molar-refractivity contribution in [2.45, 2.75) is 44.6 Å². The Morgan fingerprint density at radius 1 is 0.971 bits per heavy atom. The van der Waals surface area contributed by atoms with Crippen LogP contribution in [-0.2, 0) is 4.79 Å². The van der Waals surface area contributed by atoms with Crippen molar-refractivity contribution in [1.29, 1.82) is 0 Å². The van der Waals surface area contributed by atoms with E-state index in [1.54, 1.807) is 26.0 Å². The van der Waals surface area contributed by atoms with Crippen LogP contribution in [0.2, 0.25) is 0 Å². The molecule has 2 unspecified atom stereocenters. The number of ketones is 1. The highest BCUT2D eigenvalue weighted by atomic mass is 16.5. The molecule has 2 aliphatic rings. The summed E-state index contributed by atoms with van der Waals surface area (Å²) in [5.74, 6) is 2.82. The monoisotopic (exact) mass is 474 g/mol. The number of rotatable bonds is 6. The van der Waals surface area contributed by atoms with Crippen LogP contribution < -0.4 is 19.5 Å². The normalized spacial score (nSPS) is 19.2. The van der Waals surface area contributed by atoms with E-state index < -0.39 is 0 Å². The van der Waals surface area contributed by atoms with Gasteiger partial charge in [-0.25, -0.2) is 4.68 Å². The minimum absolute atomic E-state index is 0.0408. The molecule has 1 N–H and O–H groups in total. The van der Waals surface area contributed by atoms with E-state index >= 15 is 0 Å². The summed E-state index contributed by atoms with van der Waals surface area (Å²) in [6.07, 6.45) is 2.56. The maximum absolute atomic E-state index is 13.7. The fourth-order valence-electron chi connectivity index (χ4n) is 5.10. The molecule has 2 heterocycles. The first kappa shape index (κ1) is 23.0. The van der Waals surface area contributed by atoms with Crippen LogP contribution in [0.15, 0.2) is 54.0 Å². The first-order valence-corrected chi connectivity index (χ1v) is 11.8. The van der Waals surface area contributed by atoms with Crippen LogP contribution in [0.3, 0.4) is 0 Å². The zero-order valence-corrected chi connectivity index (χ0v) is 20.7. The zero-order valence-electron chi connectivity index (χ0n) is 20.7. The molecular formula is C27H30N4O4. The molecule has 35 heavy (non-hydrogen) atoms. The van der Waals surface area contributed by atoms with E-state index in [-0.39, 0.29) is 17.7 Å². The summed E-state index contributed by atoms with van der Waals surface area (Å²) in [7, 11) is 4.77. The van der Waals surface area contributed by atoms with Crippen LogP contribution in [0.5, 0.6) is 17.2 Å². The van der Waals surface area contributed by atoms with Gasteiger partial charge in [-0.2, -0.15) is 10.1 Å². The second kappa shape index (κ2) is 9.09. The summed E-state index contributed by atoms with van der Waals surface area (Å²) in [5, 5.41) is 7.83. The van der Waals surface area contributed by atoms with Crippen molar-refractivity contribution >= 4 is 11.7 Å². The van der Waals surface area contributed by atoms with Crippen LogP contribution in [0.4, 0.5) is 5.95 Å². The number of benzene rings is 2. The molecule has 1 aromatic heterocycles. The van der Waals surface area contributed by atoms with Gasteiger partial charge >= 0.3 is 0 Å². The van der Waals surface area contributed by atoms with Gasteiger partial charge < -0.3 is 19.5 Å². The smallest absolute Gasteiger partial charge is 0.226 e. The fraction of sp³-hybridized carbons (Fsp3) is 0.370. The van der Waals surface area contributed by atoms with Gasteiger partial charge in [0.05, 0.1) is 21.3 Å². The molecule has 0 spiro atoms. The van der Waals surface area contributed by atoms with Crippen molar-refractivity contribution in [2.24, 2.45) is 0 Å². The van der Waals surface area contributed by atoms with Crippen LogP contribution >= 0.6 is 0 Å². The number of aromatic nitrogens is 3. The Kier molecular flexibility index (Phi) is 5.96. The van der Waals surface area contributed by atoms with Gasteiger partial charge in [-0.3, -0.25) is 4.79 Å². The SMILES string of the molecule is COc1cc(C2CC(=O)C3=C(C2)Nc2ncnn2C3c2ccc(C(C)C)cc2)cc(OC)c1OC. The number of nitrogens with one attached hydrogen (secondary N) is 1. The molecule has 182 valence electrons. The number of allylic oxidation sites excluding steroid dienone is 2. The number of anilines is 1. The molecule has 3 aromatic rings. The number of nitrogens with zero attached hydrogens (tertiary/aromatic N) is 3. The molecule has 2 atom stereocenters. The standard InChI is InChI=1S/C27H30N4O4/c1-15(2)16-6-8-17(9-7-16)25-24-20(30-27-28-14-29-31(25)27)10-18(11-21(24)32)19-12-22(33-3)26(35-5)23(13-19)34-4/h6-9,12-15,18,25H,10-11H2,1-5H3,(H,28,29,30). The van der Waals surface area contributed by atoms with Crippen molar-refractivity contribution < 1.29 is 19.0 Å². The van der Waals surface area contributed by atoms with Crippen molar-refractivity contribution in [2.75, 3.05) is 26.6 Å². The number of hydrogen-bond donors (Lipinski definition) is 1. The second-order valence-electron chi connectivity index (χ2n) is 9.26. The summed E-state index contributed by atoms with van der Waals surface area (Å²) in [4.78, 5) is 18.1. The quantitative estimate of drug-likeness (QED) is 0.547. The van der Waals surface area contributed by atoms with Crippen LogP contribution in [0.25, 0.3) is 0 Å². The van der Waals surface area contributed by atoms with Crippen LogP contribution in [0, 0.1) is 0 Å². The summed E-state index contributed by atoms with van der Waals surface area (Å²) in [6.45, 7) is 4.34. The van der Waals surface area contributed by atoms with Crippen molar-refractivity contribution in [1.82, 2.24) is 14.8 Å². The lowest BCUT2D eigenvalue weighted by atomic mass is 9.77. The molecule has 8 heteroatoms. The van der Waals surface area contributed by atoms with Crippen molar-refractivity contribution in [3.8, 4) is 17.2 Å². The van der Waals surface area contributed by atoms with Gasteiger partial charge in [0, 0.05) is 17.7 Å². The third-order valence-corrected chi connectivity index (χ3v) is 6.94. The maximum atomic E-state index is 13.7. The van der Waals surface area contributed by atoms with E-state index in [1.807, 2.05) is 12.1 Å². The highest BCUT2D eigenvalue weighted by Crippen LogP contribution is 2.47. The number of carbonyl (C=O) groups excluding carboxylic acids is 1. The van der Waals surface area contributed by atoms with Crippen LogP contribution in [0.1, 0.15) is 61.3 Å². The lowest BCUT2D eigenvalue weighted by Crippen LogP contribution is -2.33. The summed E-state index contributed by atoms with van der Waals surface area (Å²) >= 11 is 0. The molecule has 0 bridgehead atoms. The molecule has 8 nitrogen and oxygen atoms in total. The third kappa shape index (κ3) is 3.92. The number of carbonyl (C=O) groups is 1. The highest BCUT2D eigenvalue weighted by Gasteiger charge is 2.39. The molecule has 2 aromatic carbocycles. The van der Waals surface area contributed by atoms with Gasteiger partial charge in [0.1, 0.15) is 12.4 Å². The van der Waals surface area contributed by atoms with E-state index in [9.17, 15) is 4.79 Å². The number of fused-ring (bicyclic) bond motifs is 1. The second-order valence-corrected chi connectivity index (χ2v) is 9.26. The Hall–Kier alpha value is -3.81. The first-order chi connectivity index (χ1) is 16.9. The van der Waals surface area contributed by atoms with Gasteiger partial charge in [0.15, 0.2) is 17.3 Å². The Balaban J connectivity index is 1.55. The largest absolute Gasteiger partial charge is 0.493 e. The van der Waals surface area contributed by atoms with E-state index in [2.05, 4.69) is 53.5 Å². The Morgan fingerprint density at radius 3 is 2.26 bits per heavy atom. The highest BCUT2D eigenvalue weighted by molar-refractivity contribution is 6.00. The number of Topliss-reactive ketones (excluding diaryl/α,β-unsaturated/α-hetero) is 1. The number of hydrogen-bond acceptors (Lipinski definition) is 7. The topological polar surface area (TPSA) is 87.5 Å². The zero-order chi connectivity index (χ0) is 24.7. The van der Waals surface area contributed by atoms with E-state index in [0.717, 1.165) is 22.4 Å². The van der Waals surface area contributed by atoms with Gasteiger partial charge in [-0.15, -0.1) is 0 Å². The summed E-state index contributed by atoms with van der Waals surface area (Å²) in [6, 6.07) is 12.0. The van der Waals surface area contributed by atoms with Crippen LogP contribution in [-0.4, -0.2) is 41.9 Å². The molecule has 0 fully saturated rings. The van der Waals surface area contributed by atoms with E-state index in [1.165, 1.54) is 11.9 Å². The molecule has 0 amide bonds. The Bertz CT molecular complexity index is 1270. The van der Waals surface area contributed by atoms with E-state index in [4.69, 9.17) is 14.2 Å². The third-order valence-electron chi connectivity index (χ3n) is 6.94. The Morgan fingerprint density at radius 2 is 1.66 bits per heavy atom. The molecular weight excluding hydrogens is 444 g/mol. The fourth-order valence-corrected chi connectivity index (χ4v) is 5.10. The number of methoxy groups -OCH3 is 3. The Labute approximate surface area is 204 Å². The lowest BCUT2D eigenvalue weighted by molar-refractivity contribution is -0.116. The molecule has 1 aliphatic carbocycles. The minimum Gasteiger partial charge on any atom is -0.493 e. The van der Waals surface area contributed by atoms with Crippen molar-refractivity contribution in [3.63, 3.8) is 0 Å². The van der Waals surface area contributed by atoms with Crippen molar-refractivity contribution in [3.05, 3.63) is 70.7 Å². The van der Waals surface area contributed by atoms with Gasteiger partial charge in [0.2, 0.25) is 11.7 Å². The molecule has 1 aliphatic heterocycles.